The molecule has 0 radical (unpaired) electrons. The van der Waals surface area contributed by atoms with Crippen LogP contribution in [-0.2, 0) is 22.4 Å². The molecule has 4 aromatic carbocycles. The van der Waals surface area contributed by atoms with Gasteiger partial charge in [-0.25, -0.2) is 22.4 Å². The molecule has 0 spiro atoms. The number of aromatic nitrogens is 2. The number of benzene rings is 4. The van der Waals surface area contributed by atoms with Crippen LogP contribution in [0.25, 0.3) is 0 Å². The van der Waals surface area contributed by atoms with Gasteiger partial charge in [-0.2, -0.15) is 0 Å². The van der Waals surface area contributed by atoms with E-state index < -0.39 is 41.5 Å². The molecule has 6 aromatic rings. The second-order valence-electron chi connectivity index (χ2n) is 15.6. The highest BCUT2D eigenvalue weighted by atomic mass is 35.5. The number of ether oxygens (including phenoxy) is 2. The van der Waals surface area contributed by atoms with Gasteiger partial charge in [0.15, 0.2) is 0 Å². The fraction of sp³-hybridized carbons (Fsp3) is 0.240. The molecule has 0 aliphatic carbocycles. The fourth-order valence-corrected chi connectivity index (χ4v) is 7.46. The predicted octanol–water partition coefficient (Wildman–Crippen LogP) is 9.68. The number of carbonyl (C=O) groups excluding carboxylic acids is 3. The molecule has 0 bridgehead atoms. The topological polar surface area (TPSA) is 181 Å². The van der Waals surface area contributed by atoms with Crippen molar-refractivity contribution in [2.24, 2.45) is 0 Å². The van der Waals surface area contributed by atoms with Crippen LogP contribution < -0.4 is 30.3 Å². The molecule has 0 saturated heterocycles. The second-order valence-corrected chi connectivity index (χ2v) is 15.8. The van der Waals surface area contributed by atoms with E-state index in [1.807, 2.05) is 30.3 Å². The van der Waals surface area contributed by atoms with Crippen molar-refractivity contribution in [1.82, 2.24) is 20.1 Å². The summed E-state index contributed by atoms with van der Waals surface area (Å²) in [7, 11) is 0. The van der Waals surface area contributed by atoms with Gasteiger partial charge < -0.3 is 30.5 Å². The van der Waals surface area contributed by atoms with Crippen LogP contribution in [0.2, 0.25) is 0 Å². The number of nitrogens with one attached hydrogen (secondary N) is 4. The zero-order chi connectivity index (χ0) is 48.7. The maximum absolute atomic E-state index is 14.8. The summed E-state index contributed by atoms with van der Waals surface area (Å²) in [5.74, 6) is -3.50. The molecule has 0 fully saturated rings. The molecule has 8 rings (SSSR count). The average Bonchev–Trinajstić information content (AvgIpc) is 3.33. The maximum Gasteiger partial charge on any atom is 0.303 e. The van der Waals surface area contributed by atoms with E-state index in [4.69, 9.17) is 26.4 Å². The van der Waals surface area contributed by atoms with Crippen molar-refractivity contribution in [2.75, 3.05) is 23.8 Å². The van der Waals surface area contributed by atoms with Crippen molar-refractivity contribution in [3.05, 3.63) is 177 Å². The Morgan fingerprint density at radius 2 is 1.09 bits per heavy atom. The first-order chi connectivity index (χ1) is 32.7. The predicted molar refractivity (Wildman–Crippen MR) is 247 cm³/mol. The molecule has 13 nitrogen and oxygen atoms in total. The lowest BCUT2D eigenvalue weighted by molar-refractivity contribution is -0.137. The van der Waals surface area contributed by atoms with Gasteiger partial charge in [0.2, 0.25) is 5.91 Å². The summed E-state index contributed by atoms with van der Waals surface area (Å²) in [5.41, 5.74) is 4.00. The monoisotopic (exact) mass is 954 g/mol. The molecule has 354 valence electrons. The molecule has 2 atom stereocenters. The summed E-state index contributed by atoms with van der Waals surface area (Å²) in [6, 6.07) is 23.5. The largest absolute Gasteiger partial charge is 0.492 e. The lowest BCUT2D eigenvalue weighted by atomic mass is 9.96. The standard InChI is InChI=1S/C25H23F2N3O3.C17H15ClF2N2O2.C8H9NO2/c1-15-14-17(5-8-19(15)26)29-25(32)18-7-9-20(27)23-21(11-13-33-24(18)23)30-22(31)10-6-16-4-2-3-12-28-16;1-9-8-10(2-4-12(9)19)21-17(23)11-3-5-13(20)15-14(22-18)6-7-24-16(11)15;10-8(11)5-4-7-3-1-2-6-9-7/h2-5,7-9,12,14,21H,6,10-11,13H2,1H3,(H,29,32)(H,30,31);2-5,8,14,22H,6-7H2,1H3,(H,21,23);1-3,6H,4-5H2,(H,10,11)/t21-;14-;/m00./s1. The van der Waals surface area contributed by atoms with Crippen LogP contribution in [0.4, 0.5) is 28.9 Å². The van der Waals surface area contributed by atoms with Crippen LogP contribution in [0.1, 0.15) is 92.1 Å². The van der Waals surface area contributed by atoms with Crippen molar-refractivity contribution < 1.29 is 51.3 Å². The van der Waals surface area contributed by atoms with Crippen LogP contribution in [0.5, 0.6) is 11.5 Å². The quantitative estimate of drug-likeness (QED) is 0.0586. The number of aliphatic carboxylic acids is 1. The molecule has 0 saturated carbocycles. The highest BCUT2D eigenvalue weighted by Crippen LogP contribution is 2.39. The Labute approximate surface area is 394 Å². The lowest BCUT2D eigenvalue weighted by Gasteiger charge is -2.28. The summed E-state index contributed by atoms with van der Waals surface area (Å²) < 4.78 is 66.9. The van der Waals surface area contributed by atoms with E-state index in [2.05, 4.69) is 30.8 Å². The minimum absolute atomic E-state index is 0.104. The van der Waals surface area contributed by atoms with Crippen molar-refractivity contribution >= 4 is 46.8 Å². The van der Waals surface area contributed by atoms with E-state index >= 15 is 0 Å². The molecule has 68 heavy (non-hydrogen) atoms. The number of nitrogens with zero attached hydrogens (tertiary/aromatic N) is 2. The molecule has 2 aromatic heterocycles. The molecule has 5 N–H and O–H groups in total. The minimum atomic E-state index is -0.782. The van der Waals surface area contributed by atoms with Gasteiger partial charge in [-0.3, -0.25) is 29.1 Å². The minimum Gasteiger partial charge on any atom is -0.492 e. The Morgan fingerprint density at radius 3 is 1.53 bits per heavy atom. The van der Waals surface area contributed by atoms with Gasteiger partial charge in [-0.05, 0) is 128 Å². The van der Waals surface area contributed by atoms with E-state index in [1.165, 1.54) is 60.7 Å². The summed E-state index contributed by atoms with van der Waals surface area (Å²) in [5, 5.41) is 16.6. The van der Waals surface area contributed by atoms with Crippen LogP contribution in [0.3, 0.4) is 0 Å². The Hall–Kier alpha value is -7.37. The maximum atomic E-state index is 14.8. The number of fused-ring (bicyclic) bond motifs is 2. The van der Waals surface area contributed by atoms with E-state index in [0.29, 0.717) is 54.8 Å². The molecule has 4 heterocycles. The number of carboxylic acid groups (broad SMARTS) is 1. The average molecular weight is 955 g/mol. The van der Waals surface area contributed by atoms with E-state index in [0.717, 1.165) is 11.4 Å². The smallest absolute Gasteiger partial charge is 0.303 e. The molecule has 0 unspecified atom stereocenters. The van der Waals surface area contributed by atoms with Crippen LogP contribution in [0.15, 0.2) is 109 Å². The van der Waals surface area contributed by atoms with Crippen LogP contribution in [-0.4, -0.2) is 52.0 Å². The van der Waals surface area contributed by atoms with Crippen molar-refractivity contribution in [3.63, 3.8) is 0 Å². The fourth-order valence-electron chi connectivity index (χ4n) is 7.25. The number of aryl methyl sites for hydroxylation is 4. The Balaban J connectivity index is 0.000000189. The van der Waals surface area contributed by atoms with Gasteiger partial charge in [-0.15, -0.1) is 0 Å². The third kappa shape index (κ3) is 13.4. The van der Waals surface area contributed by atoms with E-state index in [1.54, 1.807) is 32.3 Å². The van der Waals surface area contributed by atoms with Gasteiger partial charge >= 0.3 is 5.97 Å². The van der Waals surface area contributed by atoms with Gasteiger partial charge in [0.05, 0.1) is 48.4 Å². The number of halogens is 5. The third-order valence-corrected chi connectivity index (χ3v) is 11.0. The molecule has 18 heteroatoms. The Morgan fingerprint density at radius 1 is 0.632 bits per heavy atom. The van der Waals surface area contributed by atoms with Gasteiger partial charge in [0, 0.05) is 66.4 Å². The molecular weight excluding hydrogens is 908 g/mol. The van der Waals surface area contributed by atoms with E-state index in [-0.39, 0.29) is 70.7 Å². The summed E-state index contributed by atoms with van der Waals surface area (Å²) in [6.07, 6.45) is 5.53. The first-order valence-corrected chi connectivity index (χ1v) is 21.8. The van der Waals surface area contributed by atoms with Crippen LogP contribution in [0, 0.1) is 37.1 Å². The van der Waals surface area contributed by atoms with Crippen molar-refractivity contribution in [1.29, 1.82) is 0 Å². The molecule has 3 amide bonds. The van der Waals surface area contributed by atoms with Crippen LogP contribution >= 0.6 is 11.8 Å². The number of carbonyl (C=O) groups is 4. The van der Waals surface area contributed by atoms with Gasteiger partial charge in [0.1, 0.15) is 34.8 Å². The van der Waals surface area contributed by atoms with Crippen molar-refractivity contribution in [3.8, 4) is 11.5 Å². The second kappa shape index (κ2) is 23.9. The SMILES string of the molecule is Cc1cc(NC(=O)c2ccc(F)c3c2OCC[C@@H]3NC(=O)CCc2ccccn2)ccc1F.Cc1cc(NC(=O)c2ccc(F)c3c2OCC[C@@H]3NCl)ccc1F.O=C(O)CCc1ccccn1. The zero-order valence-corrected chi connectivity index (χ0v) is 37.6. The Kier molecular flexibility index (Phi) is 17.6. The highest BCUT2D eigenvalue weighted by Gasteiger charge is 2.31. The lowest BCUT2D eigenvalue weighted by Crippen LogP contribution is -2.33. The zero-order valence-electron chi connectivity index (χ0n) is 36.9. The van der Waals surface area contributed by atoms with E-state index in [9.17, 15) is 36.7 Å². The number of hydrogen-bond donors (Lipinski definition) is 5. The summed E-state index contributed by atoms with van der Waals surface area (Å²) >= 11 is 5.67. The third-order valence-electron chi connectivity index (χ3n) is 10.7. The Bertz CT molecular complexity index is 2750. The number of amides is 3. The number of hydrogen-bond acceptors (Lipinski definition) is 9. The normalized spacial score (nSPS) is 14.4. The number of rotatable bonds is 12. The summed E-state index contributed by atoms with van der Waals surface area (Å²) in [6.45, 7) is 3.73. The number of anilines is 2. The first-order valence-electron chi connectivity index (χ1n) is 21.4. The molecule has 2 aliphatic rings. The van der Waals surface area contributed by atoms with Gasteiger partial charge in [0.25, 0.3) is 11.8 Å². The first kappa shape index (κ1) is 50.1. The highest BCUT2D eigenvalue weighted by molar-refractivity contribution is 6.13. The number of carboxylic acids is 1. The molecule has 2 aliphatic heterocycles. The number of pyridine rings is 2. The van der Waals surface area contributed by atoms with Crippen molar-refractivity contribution in [2.45, 2.75) is 64.5 Å². The van der Waals surface area contributed by atoms with Gasteiger partial charge in [-0.1, -0.05) is 12.1 Å². The summed E-state index contributed by atoms with van der Waals surface area (Å²) in [4.78, 5) is 58.8. The molecular formula is C50H47ClF4N6O7.